The molecule has 0 saturated carbocycles. The van der Waals surface area contributed by atoms with E-state index < -0.39 is 6.10 Å². The van der Waals surface area contributed by atoms with Crippen LogP contribution in [-0.4, -0.2) is 9.67 Å². The molecule has 96 valence electrons. The minimum absolute atomic E-state index is 0.0199. The van der Waals surface area contributed by atoms with Crippen molar-refractivity contribution in [2.24, 2.45) is 0 Å². The summed E-state index contributed by atoms with van der Waals surface area (Å²) in [7, 11) is 0. The molecule has 2 rings (SSSR count). The van der Waals surface area contributed by atoms with Crippen LogP contribution in [0.1, 0.15) is 37.8 Å². The van der Waals surface area contributed by atoms with Gasteiger partial charge in [0.25, 0.3) is 5.56 Å². The highest BCUT2D eigenvalue weighted by Crippen LogP contribution is 2.29. The number of aromatic nitrogens is 1. The van der Waals surface area contributed by atoms with Crippen LogP contribution in [0.5, 0.6) is 0 Å². The van der Waals surface area contributed by atoms with E-state index in [2.05, 4.69) is 0 Å². The Hall–Kier alpha value is -1.39. The first-order valence-electron chi connectivity index (χ1n) is 6.00. The normalized spacial score (nSPS) is 12.9. The molecule has 0 fully saturated rings. The third-order valence-corrected chi connectivity index (χ3v) is 4.12. The molecule has 0 amide bonds. The van der Waals surface area contributed by atoms with Gasteiger partial charge in [0.05, 0.1) is 11.7 Å². The van der Waals surface area contributed by atoms with Gasteiger partial charge in [-0.3, -0.25) is 4.79 Å². The molecule has 0 radical (unpaired) electrons. The molecule has 0 aliphatic rings. The Morgan fingerprint density at radius 3 is 2.50 bits per heavy atom. The lowest BCUT2D eigenvalue weighted by Crippen LogP contribution is -2.22. The van der Waals surface area contributed by atoms with E-state index in [1.807, 2.05) is 38.1 Å². The first kappa shape index (κ1) is 13.1. The zero-order chi connectivity index (χ0) is 13.3. The van der Waals surface area contributed by atoms with E-state index in [9.17, 15) is 9.90 Å². The fourth-order valence-electron chi connectivity index (χ4n) is 1.83. The zero-order valence-electron chi connectivity index (χ0n) is 10.8. The maximum atomic E-state index is 12.3. The Bertz CT molecular complexity index is 596. The number of rotatable bonds is 3. The fourth-order valence-corrected chi connectivity index (χ4v) is 2.79. The van der Waals surface area contributed by atoms with Gasteiger partial charge in [-0.2, -0.15) is 0 Å². The van der Waals surface area contributed by atoms with E-state index in [0.717, 1.165) is 9.75 Å². The molecule has 2 aromatic heterocycles. The largest absolute Gasteiger partial charge is 0.388 e. The van der Waals surface area contributed by atoms with Crippen LogP contribution in [0.25, 0.3) is 10.4 Å². The van der Waals surface area contributed by atoms with Gasteiger partial charge in [-0.1, -0.05) is 0 Å². The van der Waals surface area contributed by atoms with Crippen LogP contribution in [-0.2, 0) is 0 Å². The van der Waals surface area contributed by atoms with Crippen molar-refractivity contribution in [2.45, 2.75) is 32.9 Å². The maximum Gasteiger partial charge on any atom is 0.259 e. The molecule has 0 spiro atoms. The molecule has 1 atom stereocenters. The van der Waals surface area contributed by atoms with Crippen molar-refractivity contribution < 1.29 is 5.11 Å². The van der Waals surface area contributed by atoms with Crippen LogP contribution < -0.4 is 5.56 Å². The second-order valence-corrected chi connectivity index (χ2v) is 5.72. The average molecular weight is 263 g/mol. The quantitative estimate of drug-likeness (QED) is 0.924. The lowest BCUT2D eigenvalue weighted by atomic mass is 10.2. The monoisotopic (exact) mass is 263 g/mol. The number of nitrogens with zero attached hydrogens (tertiary/aromatic N) is 1. The molecule has 0 bridgehead atoms. The minimum atomic E-state index is -0.486. The minimum Gasteiger partial charge on any atom is -0.388 e. The molecule has 1 N–H and O–H groups in total. The fraction of sp³-hybridized carbons (Fsp3) is 0.357. The van der Waals surface area contributed by atoms with Crippen molar-refractivity contribution in [3.05, 3.63) is 45.7 Å². The van der Waals surface area contributed by atoms with Gasteiger partial charge in [0, 0.05) is 22.0 Å². The van der Waals surface area contributed by atoms with Gasteiger partial charge in [0.15, 0.2) is 0 Å². The summed E-state index contributed by atoms with van der Waals surface area (Å²) in [6.45, 7) is 5.70. The Morgan fingerprint density at radius 1 is 1.22 bits per heavy atom. The molecule has 0 aliphatic heterocycles. The Balaban J connectivity index is 2.51. The van der Waals surface area contributed by atoms with E-state index in [0.29, 0.717) is 5.56 Å². The Morgan fingerprint density at radius 2 is 1.94 bits per heavy atom. The molecule has 3 nitrogen and oxygen atoms in total. The summed E-state index contributed by atoms with van der Waals surface area (Å²) in [6.07, 6.45) is 1.32. The molecule has 2 heterocycles. The van der Waals surface area contributed by atoms with Crippen LogP contribution in [0.4, 0.5) is 0 Å². The van der Waals surface area contributed by atoms with Crippen molar-refractivity contribution in [1.29, 1.82) is 0 Å². The van der Waals surface area contributed by atoms with Crippen molar-refractivity contribution in [3.8, 4) is 10.4 Å². The number of thiophene rings is 1. The van der Waals surface area contributed by atoms with Crippen LogP contribution in [0.3, 0.4) is 0 Å². The molecule has 1 unspecified atom stereocenters. The van der Waals surface area contributed by atoms with E-state index >= 15 is 0 Å². The van der Waals surface area contributed by atoms with Crippen molar-refractivity contribution in [3.63, 3.8) is 0 Å². The second kappa shape index (κ2) is 5.08. The number of aliphatic hydroxyl groups is 1. The summed E-state index contributed by atoms with van der Waals surface area (Å²) in [5, 5.41) is 9.52. The highest BCUT2D eigenvalue weighted by atomic mass is 32.1. The van der Waals surface area contributed by atoms with Gasteiger partial charge < -0.3 is 9.67 Å². The third kappa shape index (κ3) is 2.40. The van der Waals surface area contributed by atoms with Gasteiger partial charge in [-0.25, -0.2) is 0 Å². The number of pyridine rings is 1. The highest BCUT2D eigenvalue weighted by Gasteiger charge is 2.11. The van der Waals surface area contributed by atoms with Crippen molar-refractivity contribution >= 4 is 11.3 Å². The smallest absolute Gasteiger partial charge is 0.259 e. The van der Waals surface area contributed by atoms with Gasteiger partial charge in [-0.05, 0) is 45.0 Å². The summed E-state index contributed by atoms with van der Waals surface area (Å²) in [5.74, 6) is 0. The predicted molar refractivity (Wildman–Crippen MR) is 75.0 cm³/mol. The van der Waals surface area contributed by atoms with Crippen LogP contribution in [0.15, 0.2) is 35.3 Å². The lowest BCUT2D eigenvalue weighted by Gasteiger charge is -2.10. The summed E-state index contributed by atoms with van der Waals surface area (Å²) < 4.78 is 1.72. The van der Waals surface area contributed by atoms with Crippen molar-refractivity contribution in [1.82, 2.24) is 4.57 Å². The molecular weight excluding hydrogens is 246 g/mol. The Kier molecular flexibility index (Phi) is 3.68. The predicted octanol–water partition coefficient (Wildman–Crippen LogP) is 3.21. The van der Waals surface area contributed by atoms with Crippen LogP contribution in [0.2, 0.25) is 0 Å². The SMILES string of the molecule is CC(O)c1ccc(-c2cccn(C(C)C)c2=O)s1. The summed E-state index contributed by atoms with van der Waals surface area (Å²) in [5.41, 5.74) is 0.717. The number of hydrogen-bond donors (Lipinski definition) is 1. The first-order valence-corrected chi connectivity index (χ1v) is 6.81. The van der Waals surface area contributed by atoms with E-state index in [4.69, 9.17) is 0 Å². The van der Waals surface area contributed by atoms with E-state index in [1.54, 1.807) is 17.7 Å². The van der Waals surface area contributed by atoms with E-state index in [1.165, 1.54) is 11.3 Å². The molecule has 0 aromatic carbocycles. The molecule has 18 heavy (non-hydrogen) atoms. The first-order chi connectivity index (χ1) is 8.50. The van der Waals surface area contributed by atoms with Gasteiger partial charge >= 0.3 is 0 Å². The molecule has 2 aromatic rings. The number of aliphatic hydroxyl groups excluding tert-OH is 1. The van der Waals surface area contributed by atoms with Gasteiger partial charge in [-0.15, -0.1) is 11.3 Å². The summed E-state index contributed by atoms with van der Waals surface area (Å²) >= 11 is 1.47. The summed E-state index contributed by atoms with van der Waals surface area (Å²) in [6, 6.07) is 7.64. The molecule has 0 aliphatic carbocycles. The molecule has 4 heteroatoms. The maximum absolute atomic E-state index is 12.3. The van der Waals surface area contributed by atoms with E-state index in [-0.39, 0.29) is 11.6 Å². The second-order valence-electron chi connectivity index (χ2n) is 4.61. The standard InChI is InChI=1S/C14H17NO2S/c1-9(2)15-8-4-5-11(14(15)17)13-7-6-12(18-13)10(3)16/h4-10,16H,1-3H3. The topological polar surface area (TPSA) is 42.2 Å². The van der Waals surface area contributed by atoms with Crippen LogP contribution in [0, 0.1) is 0 Å². The molecule has 0 saturated heterocycles. The number of hydrogen-bond acceptors (Lipinski definition) is 3. The zero-order valence-corrected chi connectivity index (χ0v) is 11.6. The third-order valence-electron chi connectivity index (χ3n) is 2.83. The van der Waals surface area contributed by atoms with Gasteiger partial charge in [0.1, 0.15) is 0 Å². The average Bonchev–Trinajstić information content (AvgIpc) is 2.78. The summed E-state index contributed by atoms with van der Waals surface area (Å²) in [4.78, 5) is 14.1. The molecular formula is C14H17NO2S. The van der Waals surface area contributed by atoms with Gasteiger partial charge in [0.2, 0.25) is 0 Å². The lowest BCUT2D eigenvalue weighted by molar-refractivity contribution is 0.203. The van der Waals surface area contributed by atoms with Crippen LogP contribution >= 0.6 is 11.3 Å². The van der Waals surface area contributed by atoms with Crippen molar-refractivity contribution in [2.75, 3.05) is 0 Å². The Labute approximate surface area is 110 Å². The highest BCUT2D eigenvalue weighted by molar-refractivity contribution is 7.15.